The normalized spacial score (nSPS) is 12.5. The molecule has 0 fully saturated rings. The van der Waals surface area contributed by atoms with Crippen LogP contribution in [-0.2, 0) is 0 Å². The van der Waals surface area contributed by atoms with Gasteiger partial charge in [-0.1, -0.05) is 56.8 Å². The minimum absolute atomic E-state index is 0.948. The Morgan fingerprint density at radius 2 is 1.13 bits per heavy atom. The van der Waals surface area contributed by atoms with E-state index in [1.165, 1.54) is 30.6 Å². The maximum absolute atomic E-state index is 3.86. The molecule has 0 bridgehead atoms. The zero-order valence-electron chi connectivity index (χ0n) is 11.1. The lowest BCUT2D eigenvalue weighted by molar-refractivity contribution is 1.00. The summed E-state index contributed by atoms with van der Waals surface area (Å²) < 4.78 is 0. The molecule has 15 heavy (non-hydrogen) atoms. The summed E-state index contributed by atoms with van der Waals surface area (Å²) in [5.74, 6) is 0. The van der Waals surface area contributed by atoms with Crippen LogP contribution in [-0.4, -0.2) is 16.1 Å². The van der Waals surface area contributed by atoms with E-state index in [4.69, 9.17) is 0 Å². The fraction of sp³-hybridized carbons (Fsp3) is 0.692. The second kappa shape index (κ2) is 6.49. The van der Waals surface area contributed by atoms with E-state index in [0.717, 1.165) is 0 Å². The molecule has 0 amide bonds. The molecule has 0 nitrogen and oxygen atoms in total. The molecule has 0 aromatic rings. The molecule has 0 saturated heterocycles. The van der Waals surface area contributed by atoms with Crippen molar-refractivity contribution in [2.75, 3.05) is 0 Å². The molecule has 0 aromatic heterocycles. The molecule has 0 radical (unpaired) electrons. The molecule has 88 valence electrons. The van der Waals surface area contributed by atoms with Crippen molar-refractivity contribution in [3.05, 3.63) is 25.3 Å². The Kier molecular flexibility index (Phi) is 6.45. The largest absolute Gasteiger partial charge is 0.103 e. The summed E-state index contributed by atoms with van der Waals surface area (Å²) in [6, 6.07) is 5.48. The first-order valence-electron chi connectivity index (χ1n) is 6.05. The maximum atomic E-state index is 3.86. The van der Waals surface area contributed by atoms with Crippen LogP contribution in [0.1, 0.15) is 6.42 Å². The predicted octanol–water partition coefficient (Wildman–Crippen LogP) is 5.17. The van der Waals surface area contributed by atoms with E-state index in [1.807, 2.05) is 0 Å². The van der Waals surface area contributed by atoms with Crippen LogP contribution in [0.15, 0.2) is 25.3 Å². The number of allylic oxidation sites excluding steroid dienone is 2. The third-order valence-electron chi connectivity index (χ3n) is 3.10. The lowest BCUT2D eigenvalue weighted by atomic mass is 10.6. The van der Waals surface area contributed by atoms with Crippen LogP contribution in [0.3, 0.4) is 0 Å². The molecule has 0 aliphatic carbocycles. The summed E-state index contributed by atoms with van der Waals surface area (Å²) in [6.45, 7) is 17.7. The molecule has 0 rings (SSSR count). The predicted molar refractivity (Wildman–Crippen MR) is 79.2 cm³/mol. The van der Waals surface area contributed by atoms with Crippen molar-refractivity contribution in [1.29, 1.82) is 0 Å². The van der Waals surface area contributed by atoms with Crippen molar-refractivity contribution in [3.8, 4) is 0 Å². The smallest absolute Gasteiger partial charge is 0.0511 e. The summed E-state index contributed by atoms with van der Waals surface area (Å²) >= 11 is 0. The van der Waals surface area contributed by atoms with Crippen molar-refractivity contribution in [2.24, 2.45) is 0 Å². The van der Waals surface area contributed by atoms with Gasteiger partial charge in [-0.2, -0.15) is 0 Å². The Morgan fingerprint density at radius 1 is 0.800 bits per heavy atom. The van der Waals surface area contributed by atoms with Crippen molar-refractivity contribution >= 4 is 16.1 Å². The minimum Gasteiger partial charge on any atom is -0.103 e. The van der Waals surface area contributed by atoms with Gasteiger partial charge in [-0.25, -0.2) is 0 Å². The molecule has 0 atom stereocenters. The van der Waals surface area contributed by atoms with Gasteiger partial charge in [0.05, 0.1) is 16.1 Å². The highest BCUT2D eigenvalue weighted by molar-refractivity contribution is 6.79. The molecule has 0 saturated carbocycles. The SMILES string of the molecule is C=CC[Si](C)(C)CCC[Si](C)(C)CC=C. The molecule has 0 unspecified atom stereocenters. The van der Waals surface area contributed by atoms with E-state index in [0.29, 0.717) is 0 Å². The zero-order chi connectivity index (χ0) is 11.9. The van der Waals surface area contributed by atoms with Crippen molar-refractivity contribution in [2.45, 2.75) is 56.8 Å². The topological polar surface area (TPSA) is 0 Å². The van der Waals surface area contributed by atoms with Crippen LogP contribution in [0.2, 0.25) is 50.4 Å². The van der Waals surface area contributed by atoms with Gasteiger partial charge in [0.1, 0.15) is 0 Å². The number of hydrogen-bond acceptors (Lipinski definition) is 0. The molecule has 2 heteroatoms. The van der Waals surface area contributed by atoms with Gasteiger partial charge in [0.25, 0.3) is 0 Å². The van der Waals surface area contributed by atoms with Crippen LogP contribution >= 0.6 is 0 Å². The second-order valence-corrected chi connectivity index (χ2v) is 16.6. The summed E-state index contributed by atoms with van der Waals surface area (Å²) in [6.07, 6.45) is 5.65. The summed E-state index contributed by atoms with van der Waals surface area (Å²) in [4.78, 5) is 0. The molecule has 0 aliphatic heterocycles. The summed E-state index contributed by atoms with van der Waals surface area (Å²) in [5, 5.41) is 0. The van der Waals surface area contributed by atoms with E-state index in [9.17, 15) is 0 Å². The first-order valence-corrected chi connectivity index (χ1v) is 12.9. The number of rotatable bonds is 8. The monoisotopic (exact) mass is 240 g/mol. The van der Waals surface area contributed by atoms with Crippen LogP contribution in [0.5, 0.6) is 0 Å². The van der Waals surface area contributed by atoms with Gasteiger partial charge < -0.3 is 0 Å². The van der Waals surface area contributed by atoms with E-state index >= 15 is 0 Å². The molecule has 0 aliphatic rings. The molecule has 0 aromatic carbocycles. The van der Waals surface area contributed by atoms with Crippen molar-refractivity contribution in [1.82, 2.24) is 0 Å². The lowest BCUT2D eigenvalue weighted by Gasteiger charge is -2.24. The lowest BCUT2D eigenvalue weighted by Crippen LogP contribution is -2.27. The highest BCUT2D eigenvalue weighted by atomic mass is 28.3. The van der Waals surface area contributed by atoms with E-state index in [1.54, 1.807) is 0 Å². The van der Waals surface area contributed by atoms with Gasteiger partial charge in [0.15, 0.2) is 0 Å². The first kappa shape index (κ1) is 14.9. The van der Waals surface area contributed by atoms with E-state index < -0.39 is 16.1 Å². The minimum atomic E-state index is -0.948. The van der Waals surface area contributed by atoms with E-state index in [-0.39, 0.29) is 0 Å². The van der Waals surface area contributed by atoms with Crippen LogP contribution in [0, 0.1) is 0 Å². The van der Waals surface area contributed by atoms with E-state index in [2.05, 4.69) is 51.5 Å². The highest BCUT2D eigenvalue weighted by Gasteiger charge is 2.22. The Labute approximate surface area is 98.5 Å². The summed E-state index contributed by atoms with van der Waals surface area (Å²) in [7, 11) is -1.90. The quantitative estimate of drug-likeness (QED) is 0.406. The van der Waals surface area contributed by atoms with Crippen LogP contribution in [0.4, 0.5) is 0 Å². The highest BCUT2D eigenvalue weighted by Crippen LogP contribution is 2.24. The third-order valence-corrected chi connectivity index (χ3v) is 9.30. The van der Waals surface area contributed by atoms with Crippen molar-refractivity contribution < 1.29 is 0 Å². The Hall–Kier alpha value is -0.0862. The van der Waals surface area contributed by atoms with Gasteiger partial charge in [0.2, 0.25) is 0 Å². The Bertz CT molecular complexity index is 183. The molecule has 0 spiro atoms. The van der Waals surface area contributed by atoms with Gasteiger partial charge >= 0.3 is 0 Å². The molecule has 0 N–H and O–H groups in total. The second-order valence-electron chi connectivity index (χ2n) is 6.17. The molecular weight excluding hydrogens is 212 g/mol. The molecular formula is C13H28Si2. The van der Waals surface area contributed by atoms with Crippen LogP contribution in [0.25, 0.3) is 0 Å². The van der Waals surface area contributed by atoms with Gasteiger partial charge in [-0.15, -0.1) is 13.2 Å². The molecule has 0 heterocycles. The van der Waals surface area contributed by atoms with Gasteiger partial charge in [-0.3, -0.25) is 0 Å². The maximum Gasteiger partial charge on any atom is 0.0511 e. The fourth-order valence-electron chi connectivity index (χ4n) is 2.03. The Balaban J connectivity index is 3.87. The summed E-state index contributed by atoms with van der Waals surface area (Å²) in [5.41, 5.74) is 0. The Morgan fingerprint density at radius 3 is 1.40 bits per heavy atom. The standard InChI is InChI=1S/C13H28Si2/c1-7-10-14(3,4)12-9-13-15(5,6)11-8-2/h7-8H,1-2,9-13H2,3-6H3. The first-order chi connectivity index (χ1) is 6.83. The third kappa shape index (κ3) is 7.80. The fourth-order valence-corrected chi connectivity index (χ4v) is 6.62. The average molecular weight is 241 g/mol. The van der Waals surface area contributed by atoms with Gasteiger partial charge in [0, 0.05) is 0 Å². The number of hydrogen-bond donors (Lipinski definition) is 0. The van der Waals surface area contributed by atoms with Gasteiger partial charge in [-0.05, 0) is 12.1 Å². The zero-order valence-corrected chi connectivity index (χ0v) is 13.1. The average Bonchev–Trinajstić information content (AvgIpc) is 2.02. The van der Waals surface area contributed by atoms with Crippen molar-refractivity contribution in [3.63, 3.8) is 0 Å². The van der Waals surface area contributed by atoms with Crippen LogP contribution < -0.4 is 0 Å².